The SMILES string of the molecule is CCCc1nnc2c(=O)n(CC3CCOCC3)ccn12. The molecule has 0 bridgehead atoms. The number of rotatable bonds is 4. The summed E-state index contributed by atoms with van der Waals surface area (Å²) in [6.45, 7) is 4.43. The maximum absolute atomic E-state index is 12.4. The summed E-state index contributed by atoms with van der Waals surface area (Å²) in [5.41, 5.74) is 0.386. The van der Waals surface area contributed by atoms with Gasteiger partial charge in [0.05, 0.1) is 0 Å². The molecule has 6 heteroatoms. The first-order valence-corrected chi connectivity index (χ1v) is 7.30. The van der Waals surface area contributed by atoms with Crippen LogP contribution in [0.2, 0.25) is 0 Å². The highest BCUT2D eigenvalue weighted by Crippen LogP contribution is 2.16. The largest absolute Gasteiger partial charge is 0.381 e. The molecule has 0 radical (unpaired) electrons. The second kappa shape index (κ2) is 5.75. The molecule has 0 unspecified atom stereocenters. The van der Waals surface area contributed by atoms with E-state index in [0.29, 0.717) is 11.6 Å². The van der Waals surface area contributed by atoms with E-state index < -0.39 is 0 Å². The maximum atomic E-state index is 12.4. The predicted octanol–water partition coefficient (Wildman–Crippen LogP) is 1.27. The Balaban J connectivity index is 1.89. The third-order valence-corrected chi connectivity index (χ3v) is 3.88. The number of hydrogen-bond donors (Lipinski definition) is 0. The van der Waals surface area contributed by atoms with Crippen molar-refractivity contribution in [2.24, 2.45) is 5.92 Å². The highest BCUT2D eigenvalue weighted by atomic mass is 16.5. The van der Waals surface area contributed by atoms with Crippen LogP contribution in [0.25, 0.3) is 5.65 Å². The molecule has 0 saturated carbocycles. The van der Waals surface area contributed by atoms with Crippen LogP contribution < -0.4 is 5.56 Å². The summed E-state index contributed by atoms with van der Waals surface area (Å²) >= 11 is 0. The standard InChI is InChI=1S/C14H20N4O2/c1-2-3-12-15-16-13-14(19)17(6-7-18(12)13)10-11-4-8-20-9-5-11/h6-7,11H,2-5,8-10H2,1H3. The van der Waals surface area contributed by atoms with E-state index in [1.807, 2.05) is 16.8 Å². The Morgan fingerprint density at radius 2 is 2.10 bits per heavy atom. The van der Waals surface area contributed by atoms with Crippen molar-refractivity contribution >= 4 is 5.65 Å². The topological polar surface area (TPSA) is 61.4 Å². The van der Waals surface area contributed by atoms with Crippen molar-refractivity contribution < 1.29 is 4.74 Å². The minimum Gasteiger partial charge on any atom is -0.381 e. The quantitative estimate of drug-likeness (QED) is 0.843. The van der Waals surface area contributed by atoms with Gasteiger partial charge < -0.3 is 9.30 Å². The molecule has 1 fully saturated rings. The molecule has 6 nitrogen and oxygen atoms in total. The molecule has 2 aromatic rings. The summed E-state index contributed by atoms with van der Waals surface area (Å²) < 4.78 is 8.93. The highest BCUT2D eigenvalue weighted by molar-refractivity contribution is 5.34. The zero-order valence-electron chi connectivity index (χ0n) is 11.8. The van der Waals surface area contributed by atoms with Crippen LogP contribution in [0, 0.1) is 5.92 Å². The summed E-state index contributed by atoms with van der Waals surface area (Å²) in [5.74, 6) is 1.37. The average molecular weight is 276 g/mol. The molecule has 1 aliphatic rings. The third kappa shape index (κ3) is 2.47. The van der Waals surface area contributed by atoms with E-state index in [0.717, 1.165) is 51.3 Å². The van der Waals surface area contributed by atoms with Gasteiger partial charge in [0.1, 0.15) is 5.82 Å². The minimum absolute atomic E-state index is 0.0474. The van der Waals surface area contributed by atoms with Gasteiger partial charge in [-0.25, -0.2) is 0 Å². The fourth-order valence-corrected chi connectivity index (χ4v) is 2.71. The van der Waals surface area contributed by atoms with Crippen molar-refractivity contribution in [1.29, 1.82) is 0 Å². The molecule has 0 aromatic carbocycles. The summed E-state index contributed by atoms with van der Waals surface area (Å²) in [7, 11) is 0. The Morgan fingerprint density at radius 1 is 1.30 bits per heavy atom. The first-order valence-electron chi connectivity index (χ1n) is 7.30. The third-order valence-electron chi connectivity index (χ3n) is 3.88. The lowest BCUT2D eigenvalue weighted by molar-refractivity contribution is 0.0609. The molecule has 3 heterocycles. The summed E-state index contributed by atoms with van der Waals surface area (Å²) in [4.78, 5) is 12.4. The molecule has 108 valence electrons. The molecule has 0 amide bonds. The van der Waals surface area contributed by atoms with Crippen molar-refractivity contribution in [2.75, 3.05) is 13.2 Å². The molecular formula is C14H20N4O2. The second-order valence-electron chi connectivity index (χ2n) is 5.37. The fourth-order valence-electron chi connectivity index (χ4n) is 2.71. The van der Waals surface area contributed by atoms with Crippen molar-refractivity contribution in [3.63, 3.8) is 0 Å². The number of hydrogen-bond acceptors (Lipinski definition) is 4. The molecular weight excluding hydrogens is 256 g/mol. The molecule has 1 saturated heterocycles. The van der Waals surface area contributed by atoms with Gasteiger partial charge in [-0.2, -0.15) is 0 Å². The molecule has 1 aliphatic heterocycles. The lowest BCUT2D eigenvalue weighted by Crippen LogP contribution is -2.28. The zero-order chi connectivity index (χ0) is 13.9. The van der Waals surface area contributed by atoms with Gasteiger partial charge in [-0.3, -0.25) is 9.20 Å². The van der Waals surface area contributed by atoms with Gasteiger partial charge in [0.25, 0.3) is 5.56 Å². The molecule has 20 heavy (non-hydrogen) atoms. The van der Waals surface area contributed by atoms with E-state index in [1.165, 1.54) is 0 Å². The Bertz CT molecular complexity index is 640. The predicted molar refractivity (Wildman–Crippen MR) is 74.8 cm³/mol. The van der Waals surface area contributed by atoms with E-state index >= 15 is 0 Å². The van der Waals surface area contributed by atoms with Gasteiger partial charge >= 0.3 is 0 Å². The van der Waals surface area contributed by atoms with Crippen molar-refractivity contribution in [3.8, 4) is 0 Å². The van der Waals surface area contributed by atoms with Crippen LogP contribution in [-0.4, -0.2) is 32.4 Å². The average Bonchev–Trinajstić information content (AvgIpc) is 2.88. The summed E-state index contributed by atoms with van der Waals surface area (Å²) in [6, 6.07) is 0. The monoisotopic (exact) mass is 276 g/mol. The normalized spacial score (nSPS) is 16.9. The summed E-state index contributed by atoms with van der Waals surface area (Å²) in [6.07, 6.45) is 7.63. The van der Waals surface area contributed by atoms with Crippen LogP contribution in [-0.2, 0) is 17.7 Å². The first kappa shape index (κ1) is 13.3. The Labute approximate surface area is 117 Å². The molecule has 2 aromatic heterocycles. The molecule has 0 atom stereocenters. The lowest BCUT2D eigenvalue weighted by Gasteiger charge is -2.22. The van der Waals surface area contributed by atoms with Gasteiger partial charge in [-0.05, 0) is 25.2 Å². The van der Waals surface area contributed by atoms with Gasteiger partial charge in [0.2, 0.25) is 5.65 Å². The van der Waals surface area contributed by atoms with Gasteiger partial charge in [0.15, 0.2) is 0 Å². The van der Waals surface area contributed by atoms with Gasteiger partial charge in [-0.1, -0.05) is 6.92 Å². The van der Waals surface area contributed by atoms with Crippen molar-refractivity contribution in [3.05, 3.63) is 28.6 Å². The van der Waals surface area contributed by atoms with E-state index in [4.69, 9.17) is 4.74 Å². The smallest absolute Gasteiger partial charge is 0.296 e. The number of nitrogens with zero attached hydrogens (tertiary/aromatic N) is 4. The zero-order valence-corrected chi connectivity index (χ0v) is 11.8. The number of fused-ring (bicyclic) bond motifs is 1. The minimum atomic E-state index is -0.0474. The van der Waals surface area contributed by atoms with Crippen LogP contribution in [0.3, 0.4) is 0 Å². The molecule has 0 aliphatic carbocycles. The second-order valence-corrected chi connectivity index (χ2v) is 5.37. The van der Waals surface area contributed by atoms with Crippen LogP contribution >= 0.6 is 0 Å². The van der Waals surface area contributed by atoms with E-state index in [-0.39, 0.29) is 5.56 Å². The van der Waals surface area contributed by atoms with Crippen LogP contribution in [0.1, 0.15) is 32.0 Å². The van der Waals surface area contributed by atoms with Gasteiger partial charge in [-0.15, -0.1) is 10.2 Å². The van der Waals surface area contributed by atoms with E-state index in [2.05, 4.69) is 17.1 Å². The molecule has 0 N–H and O–H groups in total. The first-order chi connectivity index (χ1) is 9.79. The Hall–Kier alpha value is -1.69. The van der Waals surface area contributed by atoms with Gasteiger partial charge in [0, 0.05) is 38.6 Å². The van der Waals surface area contributed by atoms with Crippen LogP contribution in [0.15, 0.2) is 17.2 Å². The molecule has 3 rings (SSSR count). The van der Waals surface area contributed by atoms with Crippen LogP contribution in [0.5, 0.6) is 0 Å². The summed E-state index contributed by atoms with van der Waals surface area (Å²) in [5, 5.41) is 8.16. The lowest BCUT2D eigenvalue weighted by atomic mass is 10.0. The highest BCUT2D eigenvalue weighted by Gasteiger charge is 2.16. The Morgan fingerprint density at radius 3 is 2.85 bits per heavy atom. The van der Waals surface area contributed by atoms with Crippen molar-refractivity contribution in [2.45, 2.75) is 39.2 Å². The van der Waals surface area contributed by atoms with Crippen molar-refractivity contribution in [1.82, 2.24) is 19.2 Å². The Kier molecular flexibility index (Phi) is 3.82. The molecule has 0 spiro atoms. The number of aromatic nitrogens is 4. The van der Waals surface area contributed by atoms with E-state index in [1.54, 1.807) is 4.57 Å². The number of aryl methyl sites for hydroxylation is 1. The van der Waals surface area contributed by atoms with E-state index in [9.17, 15) is 4.79 Å². The van der Waals surface area contributed by atoms with Crippen LogP contribution in [0.4, 0.5) is 0 Å². The number of ether oxygens (including phenoxy) is 1. The fraction of sp³-hybridized carbons (Fsp3) is 0.643. The maximum Gasteiger partial charge on any atom is 0.296 e.